The molecule has 5 nitrogen and oxygen atoms in total. The Kier molecular flexibility index (Phi) is 4.21. The average Bonchev–Trinajstić information content (AvgIpc) is 2.42. The molecule has 2 aromatic rings. The van der Waals surface area contributed by atoms with E-state index >= 15 is 0 Å². The Hall–Kier alpha value is -1.82. The maximum absolute atomic E-state index is 12.1. The topological polar surface area (TPSA) is 80.0 Å². The smallest absolute Gasteiger partial charge is 0.259 e. The number of nitrogens with two attached hydrogens (primary N) is 1. The quantitative estimate of drug-likeness (QED) is 0.601. The molecule has 1 aromatic heterocycles. The van der Waals surface area contributed by atoms with Gasteiger partial charge >= 0.3 is 0 Å². The summed E-state index contributed by atoms with van der Waals surface area (Å²) in [5, 5.41) is 3.52. The number of aromatic nitrogens is 1. The summed E-state index contributed by atoms with van der Waals surface area (Å²) in [6, 6.07) is 8.03. The minimum Gasteiger partial charge on any atom is -0.320 e. The Balaban J connectivity index is 2.28. The van der Waals surface area contributed by atoms with Gasteiger partial charge in [0.2, 0.25) is 0 Å². The Morgan fingerprint density at radius 2 is 2.05 bits per heavy atom. The van der Waals surface area contributed by atoms with E-state index in [0.29, 0.717) is 21.3 Å². The molecule has 0 saturated heterocycles. The highest BCUT2D eigenvalue weighted by molar-refractivity contribution is 6.36. The summed E-state index contributed by atoms with van der Waals surface area (Å²) in [7, 11) is 0. The van der Waals surface area contributed by atoms with Gasteiger partial charge in [0.25, 0.3) is 5.91 Å². The SMILES string of the molecule is NNc1ncccc1C(=O)Nc1cc(Cl)ccc1Cl. The van der Waals surface area contributed by atoms with Gasteiger partial charge in [-0.1, -0.05) is 23.2 Å². The van der Waals surface area contributed by atoms with Gasteiger partial charge in [-0.3, -0.25) is 4.79 Å². The molecule has 0 bridgehead atoms. The van der Waals surface area contributed by atoms with Crippen LogP contribution < -0.4 is 16.6 Å². The predicted octanol–water partition coefficient (Wildman–Crippen LogP) is 2.93. The van der Waals surface area contributed by atoms with Crippen molar-refractivity contribution in [3.63, 3.8) is 0 Å². The molecule has 19 heavy (non-hydrogen) atoms. The molecule has 98 valence electrons. The average molecular weight is 297 g/mol. The van der Waals surface area contributed by atoms with Crippen molar-refractivity contribution in [2.45, 2.75) is 0 Å². The Morgan fingerprint density at radius 3 is 2.79 bits per heavy atom. The van der Waals surface area contributed by atoms with E-state index in [9.17, 15) is 4.79 Å². The van der Waals surface area contributed by atoms with Gasteiger partial charge in [-0.25, -0.2) is 10.8 Å². The highest BCUT2D eigenvalue weighted by Crippen LogP contribution is 2.26. The van der Waals surface area contributed by atoms with Gasteiger partial charge in [0.1, 0.15) is 0 Å². The third-order valence-corrected chi connectivity index (χ3v) is 2.93. The minimum absolute atomic E-state index is 0.276. The van der Waals surface area contributed by atoms with Crippen LogP contribution in [-0.2, 0) is 0 Å². The Morgan fingerprint density at radius 1 is 1.26 bits per heavy atom. The Bertz CT molecular complexity index is 618. The second-order valence-corrected chi connectivity index (χ2v) is 4.47. The number of nitrogens with one attached hydrogen (secondary N) is 2. The molecule has 0 fully saturated rings. The number of hydrogen-bond donors (Lipinski definition) is 3. The van der Waals surface area contributed by atoms with E-state index in [2.05, 4.69) is 15.7 Å². The first kappa shape index (κ1) is 13.6. The fraction of sp³-hybridized carbons (Fsp3) is 0. The number of amides is 1. The van der Waals surface area contributed by atoms with Gasteiger partial charge in [-0.05, 0) is 30.3 Å². The number of carbonyl (C=O) groups is 1. The third-order valence-electron chi connectivity index (χ3n) is 2.37. The first-order valence-corrected chi connectivity index (χ1v) is 6.05. The largest absolute Gasteiger partial charge is 0.320 e. The molecule has 2 rings (SSSR count). The second-order valence-electron chi connectivity index (χ2n) is 3.62. The number of rotatable bonds is 3. The van der Waals surface area contributed by atoms with Crippen LogP contribution in [0.1, 0.15) is 10.4 Å². The zero-order chi connectivity index (χ0) is 13.8. The number of benzene rings is 1. The lowest BCUT2D eigenvalue weighted by atomic mass is 10.2. The molecule has 0 radical (unpaired) electrons. The molecule has 0 aliphatic rings. The van der Waals surface area contributed by atoms with Crippen LogP contribution in [0.4, 0.5) is 11.5 Å². The monoisotopic (exact) mass is 296 g/mol. The number of hydrogen-bond acceptors (Lipinski definition) is 4. The normalized spacial score (nSPS) is 10.1. The number of pyridine rings is 1. The first-order valence-electron chi connectivity index (χ1n) is 5.30. The summed E-state index contributed by atoms with van der Waals surface area (Å²) in [6.07, 6.45) is 1.53. The second kappa shape index (κ2) is 5.88. The number of hydrazine groups is 1. The van der Waals surface area contributed by atoms with E-state index in [1.165, 1.54) is 6.20 Å². The molecule has 4 N–H and O–H groups in total. The zero-order valence-electron chi connectivity index (χ0n) is 9.65. The summed E-state index contributed by atoms with van der Waals surface area (Å²) in [4.78, 5) is 16.1. The molecule has 1 amide bonds. The van der Waals surface area contributed by atoms with Gasteiger partial charge in [-0.2, -0.15) is 0 Å². The molecule has 7 heteroatoms. The van der Waals surface area contributed by atoms with Gasteiger partial charge in [0, 0.05) is 11.2 Å². The van der Waals surface area contributed by atoms with Gasteiger partial charge in [-0.15, -0.1) is 0 Å². The maximum atomic E-state index is 12.1. The first-order chi connectivity index (χ1) is 9.11. The van der Waals surface area contributed by atoms with Crippen LogP contribution in [0.15, 0.2) is 36.5 Å². The van der Waals surface area contributed by atoms with Crippen molar-refractivity contribution in [2.24, 2.45) is 5.84 Å². The number of carbonyl (C=O) groups excluding carboxylic acids is 1. The van der Waals surface area contributed by atoms with Crippen molar-refractivity contribution in [1.82, 2.24) is 4.98 Å². The summed E-state index contributed by atoms with van der Waals surface area (Å²) in [5.41, 5.74) is 3.09. The van der Waals surface area contributed by atoms with Crippen molar-refractivity contribution >= 4 is 40.6 Å². The predicted molar refractivity (Wildman–Crippen MR) is 76.5 cm³/mol. The van der Waals surface area contributed by atoms with Crippen molar-refractivity contribution < 1.29 is 4.79 Å². The maximum Gasteiger partial charge on any atom is 0.259 e. The van der Waals surface area contributed by atoms with Crippen molar-refractivity contribution in [1.29, 1.82) is 0 Å². The number of halogens is 2. The Labute approximate surface area is 119 Å². The summed E-state index contributed by atoms with van der Waals surface area (Å²) < 4.78 is 0. The molecular weight excluding hydrogens is 287 g/mol. The highest BCUT2D eigenvalue weighted by Gasteiger charge is 2.13. The van der Waals surface area contributed by atoms with Gasteiger partial charge in [0.15, 0.2) is 5.82 Å². The molecule has 0 aliphatic heterocycles. The van der Waals surface area contributed by atoms with Crippen molar-refractivity contribution in [3.8, 4) is 0 Å². The van der Waals surface area contributed by atoms with Crippen molar-refractivity contribution in [2.75, 3.05) is 10.7 Å². The van der Waals surface area contributed by atoms with E-state index in [-0.39, 0.29) is 11.7 Å². The number of nitrogens with zero attached hydrogens (tertiary/aromatic N) is 1. The third kappa shape index (κ3) is 3.14. The molecule has 0 saturated carbocycles. The fourth-order valence-electron chi connectivity index (χ4n) is 1.49. The molecule has 0 aliphatic carbocycles. The molecule has 1 heterocycles. The van der Waals surface area contributed by atoms with Gasteiger partial charge < -0.3 is 10.7 Å². The van der Waals surface area contributed by atoms with Crippen molar-refractivity contribution in [3.05, 3.63) is 52.1 Å². The minimum atomic E-state index is -0.384. The molecule has 0 unspecified atom stereocenters. The van der Waals surface area contributed by atoms with Crippen LogP contribution >= 0.6 is 23.2 Å². The molecule has 1 aromatic carbocycles. The molecular formula is C12H10Cl2N4O. The van der Waals surface area contributed by atoms with Crippen LogP contribution in [0.2, 0.25) is 10.0 Å². The van der Waals surface area contributed by atoms with E-state index in [1.807, 2.05) is 0 Å². The van der Waals surface area contributed by atoms with E-state index < -0.39 is 0 Å². The zero-order valence-corrected chi connectivity index (χ0v) is 11.2. The van der Waals surface area contributed by atoms with Crippen LogP contribution in [0.5, 0.6) is 0 Å². The lowest BCUT2D eigenvalue weighted by Crippen LogP contribution is -2.18. The lowest BCUT2D eigenvalue weighted by Gasteiger charge is -2.10. The summed E-state index contributed by atoms with van der Waals surface area (Å²) >= 11 is 11.8. The van der Waals surface area contributed by atoms with E-state index in [1.54, 1.807) is 30.3 Å². The van der Waals surface area contributed by atoms with Crippen LogP contribution in [0.3, 0.4) is 0 Å². The molecule has 0 atom stereocenters. The summed E-state index contributed by atoms with van der Waals surface area (Å²) in [6.45, 7) is 0. The lowest BCUT2D eigenvalue weighted by molar-refractivity contribution is 0.102. The molecule has 0 spiro atoms. The highest BCUT2D eigenvalue weighted by atomic mass is 35.5. The standard InChI is InChI=1S/C12H10Cl2N4O/c13-7-3-4-9(14)10(6-7)17-12(19)8-2-1-5-16-11(8)18-15/h1-6H,15H2,(H,16,18)(H,17,19). The van der Waals surface area contributed by atoms with Gasteiger partial charge in [0.05, 0.1) is 16.3 Å². The van der Waals surface area contributed by atoms with Crippen LogP contribution in [0, 0.1) is 0 Å². The van der Waals surface area contributed by atoms with Crippen LogP contribution in [-0.4, -0.2) is 10.9 Å². The number of nitrogen functional groups attached to an aromatic ring is 1. The van der Waals surface area contributed by atoms with Crippen LogP contribution in [0.25, 0.3) is 0 Å². The number of anilines is 2. The fourth-order valence-corrected chi connectivity index (χ4v) is 1.82. The van der Waals surface area contributed by atoms with E-state index in [4.69, 9.17) is 29.0 Å². The van der Waals surface area contributed by atoms with E-state index in [0.717, 1.165) is 0 Å². The summed E-state index contributed by atoms with van der Waals surface area (Å²) in [5.74, 6) is 5.19.